The van der Waals surface area contributed by atoms with Gasteiger partial charge >= 0.3 is 0 Å². The number of rotatable bonds is 4. The monoisotopic (exact) mass is 281 g/mol. The molecule has 2 rings (SSSR count). The molecular weight excluding hydrogens is 261 g/mol. The van der Waals surface area contributed by atoms with Gasteiger partial charge in [0, 0.05) is 18.3 Å². The molecule has 1 heterocycles. The van der Waals surface area contributed by atoms with Crippen LogP contribution in [0.2, 0.25) is 0 Å². The van der Waals surface area contributed by atoms with Gasteiger partial charge in [0.15, 0.2) is 5.11 Å². The molecule has 0 bridgehead atoms. The van der Waals surface area contributed by atoms with Crippen LogP contribution in [0.1, 0.15) is 19.8 Å². The molecule has 0 aliphatic carbocycles. The van der Waals surface area contributed by atoms with E-state index in [9.17, 15) is 4.39 Å². The minimum atomic E-state index is -0.242. The van der Waals surface area contributed by atoms with Gasteiger partial charge in [-0.05, 0) is 62.4 Å². The van der Waals surface area contributed by atoms with E-state index < -0.39 is 0 Å². The topological polar surface area (TPSA) is 27.3 Å². The van der Waals surface area contributed by atoms with Crippen molar-refractivity contribution < 1.29 is 4.39 Å². The molecule has 3 nitrogen and oxygen atoms in total. The Kier molecular flexibility index (Phi) is 5.10. The molecule has 1 unspecified atom stereocenters. The van der Waals surface area contributed by atoms with Crippen molar-refractivity contribution in [2.24, 2.45) is 0 Å². The summed E-state index contributed by atoms with van der Waals surface area (Å²) < 4.78 is 12.8. The number of halogens is 1. The van der Waals surface area contributed by atoms with Crippen molar-refractivity contribution in [2.75, 3.05) is 25.0 Å². The van der Waals surface area contributed by atoms with E-state index in [2.05, 4.69) is 22.5 Å². The number of thiocarbonyl (C=S) groups is 1. The van der Waals surface area contributed by atoms with Crippen molar-refractivity contribution >= 4 is 23.0 Å². The van der Waals surface area contributed by atoms with Gasteiger partial charge < -0.3 is 10.6 Å². The Labute approximate surface area is 119 Å². The molecule has 0 spiro atoms. The Morgan fingerprint density at radius 3 is 2.84 bits per heavy atom. The summed E-state index contributed by atoms with van der Waals surface area (Å²) in [5, 5.41) is 6.89. The van der Waals surface area contributed by atoms with Gasteiger partial charge in [0.1, 0.15) is 5.82 Å². The predicted octanol–water partition coefficient (Wildman–Crippen LogP) is 2.60. The van der Waals surface area contributed by atoms with Crippen LogP contribution in [0.15, 0.2) is 24.3 Å². The van der Waals surface area contributed by atoms with E-state index in [-0.39, 0.29) is 5.82 Å². The number of benzene rings is 1. The number of likely N-dealkylation sites (tertiary alicyclic amines) is 1. The van der Waals surface area contributed by atoms with E-state index in [4.69, 9.17) is 12.2 Å². The van der Waals surface area contributed by atoms with Crippen molar-refractivity contribution in [1.29, 1.82) is 0 Å². The highest BCUT2D eigenvalue weighted by molar-refractivity contribution is 7.80. The molecule has 0 amide bonds. The van der Waals surface area contributed by atoms with E-state index in [1.807, 2.05) is 0 Å². The SMILES string of the molecule is CCN1CCCC1CNC(=S)Nc1ccc(F)cc1. The Hall–Kier alpha value is -1.20. The fourth-order valence-electron chi connectivity index (χ4n) is 2.46. The molecule has 5 heteroatoms. The van der Waals surface area contributed by atoms with Crippen molar-refractivity contribution in [3.05, 3.63) is 30.1 Å². The van der Waals surface area contributed by atoms with E-state index >= 15 is 0 Å². The normalized spacial score (nSPS) is 19.4. The smallest absolute Gasteiger partial charge is 0.170 e. The first-order chi connectivity index (χ1) is 9.19. The Morgan fingerprint density at radius 1 is 1.42 bits per heavy atom. The quantitative estimate of drug-likeness (QED) is 0.830. The first kappa shape index (κ1) is 14.2. The Balaban J connectivity index is 1.77. The van der Waals surface area contributed by atoms with E-state index in [0.29, 0.717) is 11.2 Å². The molecule has 104 valence electrons. The second-order valence-corrected chi connectivity index (χ2v) is 5.17. The van der Waals surface area contributed by atoms with Gasteiger partial charge in [-0.15, -0.1) is 0 Å². The lowest BCUT2D eigenvalue weighted by molar-refractivity contribution is 0.267. The van der Waals surface area contributed by atoms with Gasteiger partial charge in [0.25, 0.3) is 0 Å². The van der Waals surface area contributed by atoms with Crippen molar-refractivity contribution in [1.82, 2.24) is 10.2 Å². The van der Waals surface area contributed by atoms with Gasteiger partial charge in [-0.3, -0.25) is 4.90 Å². The Bertz CT molecular complexity index is 421. The minimum Gasteiger partial charge on any atom is -0.361 e. The fourth-order valence-corrected chi connectivity index (χ4v) is 2.66. The highest BCUT2D eigenvalue weighted by atomic mass is 32.1. The van der Waals surface area contributed by atoms with Crippen LogP contribution < -0.4 is 10.6 Å². The van der Waals surface area contributed by atoms with E-state index in [1.165, 1.54) is 31.5 Å². The van der Waals surface area contributed by atoms with Crippen LogP contribution in [-0.2, 0) is 0 Å². The van der Waals surface area contributed by atoms with Crippen molar-refractivity contribution in [2.45, 2.75) is 25.8 Å². The molecule has 0 aromatic heterocycles. The summed E-state index contributed by atoms with van der Waals surface area (Å²) in [6.45, 7) is 5.32. The maximum Gasteiger partial charge on any atom is 0.170 e. The highest BCUT2D eigenvalue weighted by Crippen LogP contribution is 2.15. The van der Waals surface area contributed by atoms with Crippen LogP contribution >= 0.6 is 12.2 Å². The lowest BCUT2D eigenvalue weighted by Crippen LogP contribution is -2.41. The predicted molar refractivity (Wildman–Crippen MR) is 80.9 cm³/mol. The van der Waals surface area contributed by atoms with Crippen LogP contribution in [0, 0.1) is 5.82 Å². The maximum absolute atomic E-state index is 12.8. The summed E-state index contributed by atoms with van der Waals surface area (Å²) in [6.07, 6.45) is 2.48. The van der Waals surface area contributed by atoms with Crippen LogP contribution in [0.25, 0.3) is 0 Å². The van der Waals surface area contributed by atoms with Crippen molar-refractivity contribution in [3.8, 4) is 0 Å². The molecule has 1 aromatic carbocycles. The fraction of sp³-hybridized carbons (Fsp3) is 0.500. The third kappa shape index (κ3) is 4.14. The number of anilines is 1. The summed E-state index contributed by atoms with van der Waals surface area (Å²) in [7, 11) is 0. The molecule has 1 aromatic rings. The molecule has 0 radical (unpaired) electrons. The molecule has 1 aliphatic rings. The molecule has 1 saturated heterocycles. The molecular formula is C14H20FN3S. The molecule has 2 N–H and O–H groups in total. The second-order valence-electron chi connectivity index (χ2n) is 4.77. The highest BCUT2D eigenvalue weighted by Gasteiger charge is 2.22. The van der Waals surface area contributed by atoms with Gasteiger partial charge in [-0.2, -0.15) is 0 Å². The van der Waals surface area contributed by atoms with Crippen molar-refractivity contribution in [3.63, 3.8) is 0 Å². The maximum atomic E-state index is 12.8. The van der Waals surface area contributed by atoms with Crippen LogP contribution in [0.3, 0.4) is 0 Å². The molecule has 1 atom stereocenters. The van der Waals surface area contributed by atoms with Gasteiger partial charge in [-0.25, -0.2) is 4.39 Å². The van der Waals surface area contributed by atoms with Crippen LogP contribution in [-0.4, -0.2) is 35.7 Å². The summed E-state index contributed by atoms with van der Waals surface area (Å²) in [5.74, 6) is -0.242. The third-order valence-corrected chi connectivity index (χ3v) is 3.75. The van der Waals surface area contributed by atoms with E-state index in [1.54, 1.807) is 12.1 Å². The lowest BCUT2D eigenvalue weighted by atomic mass is 10.2. The average molecular weight is 281 g/mol. The number of nitrogens with zero attached hydrogens (tertiary/aromatic N) is 1. The van der Waals surface area contributed by atoms with E-state index in [0.717, 1.165) is 18.8 Å². The third-order valence-electron chi connectivity index (χ3n) is 3.51. The summed E-state index contributed by atoms with van der Waals surface area (Å²) in [4.78, 5) is 2.47. The second kappa shape index (κ2) is 6.82. The van der Waals surface area contributed by atoms with Gasteiger partial charge in [0.05, 0.1) is 0 Å². The van der Waals surface area contributed by atoms with Gasteiger partial charge in [0.2, 0.25) is 0 Å². The minimum absolute atomic E-state index is 0.242. The zero-order valence-electron chi connectivity index (χ0n) is 11.2. The first-order valence-electron chi connectivity index (χ1n) is 6.73. The molecule has 19 heavy (non-hydrogen) atoms. The van der Waals surface area contributed by atoms with Crippen LogP contribution in [0.4, 0.5) is 10.1 Å². The zero-order valence-corrected chi connectivity index (χ0v) is 12.0. The standard InChI is InChI=1S/C14H20FN3S/c1-2-18-9-3-4-13(18)10-16-14(19)17-12-7-5-11(15)6-8-12/h5-8,13H,2-4,9-10H2,1H3,(H2,16,17,19). The lowest BCUT2D eigenvalue weighted by Gasteiger charge is -2.23. The largest absolute Gasteiger partial charge is 0.361 e. The number of hydrogen-bond acceptors (Lipinski definition) is 2. The first-order valence-corrected chi connectivity index (χ1v) is 7.14. The Morgan fingerprint density at radius 2 is 2.16 bits per heavy atom. The molecule has 0 saturated carbocycles. The van der Waals surface area contributed by atoms with Crippen LogP contribution in [0.5, 0.6) is 0 Å². The summed E-state index contributed by atoms with van der Waals surface area (Å²) >= 11 is 5.24. The molecule has 1 fully saturated rings. The average Bonchev–Trinajstić information content (AvgIpc) is 2.86. The summed E-state index contributed by atoms with van der Waals surface area (Å²) in [6, 6.07) is 6.76. The summed E-state index contributed by atoms with van der Waals surface area (Å²) in [5.41, 5.74) is 0.803. The number of hydrogen-bond donors (Lipinski definition) is 2. The number of nitrogens with one attached hydrogen (secondary N) is 2. The molecule has 1 aliphatic heterocycles. The zero-order chi connectivity index (χ0) is 13.7. The number of likely N-dealkylation sites (N-methyl/N-ethyl adjacent to an activating group) is 1. The van der Waals surface area contributed by atoms with Gasteiger partial charge in [-0.1, -0.05) is 6.92 Å².